The number of hydrazone groups is 1. The molecule has 5 rings (SSSR count). The van der Waals surface area contributed by atoms with E-state index >= 15 is 0 Å². The Kier molecular flexibility index (Phi) is 9.67. The quantitative estimate of drug-likeness (QED) is 0.169. The maximum absolute atomic E-state index is 4.76. The number of hydrogen-bond acceptors (Lipinski definition) is 7. The Morgan fingerprint density at radius 3 is 2.29 bits per heavy atom. The van der Waals surface area contributed by atoms with Gasteiger partial charge in [-0.2, -0.15) is 20.1 Å². The monoisotopic (exact) mass is 591 g/mol. The van der Waals surface area contributed by atoms with E-state index in [1.807, 2.05) is 36.4 Å². The third kappa shape index (κ3) is 7.76. The number of aryl methyl sites for hydroxylation is 1. The average Bonchev–Trinajstić information content (AvgIpc) is 2.92. The summed E-state index contributed by atoms with van der Waals surface area (Å²) in [5.74, 6) is 2.21. The highest BCUT2D eigenvalue weighted by molar-refractivity contribution is 9.10. The second-order valence-electron chi connectivity index (χ2n) is 9.32. The molecule has 38 heavy (non-hydrogen) atoms. The fraction of sp³-hybridized carbons (Fsp3) is 0.241. The summed E-state index contributed by atoms with van der Waals surface area (Å²) in [6, 6.07) is 26.8. The Morgan fingerprint density at radius 1 is 0.895 bits per heavy atom. The van der Waals surface area contributed by atoms with Crippen LogP contribution >= 0.6 is 28.3 Å². The van der Waals surface area contributed by atoms with Gasteiger partial charge in [-0.1, -0.05) is 76.1 Å². The first-order valence-corrected chi connectivity index (χ1v) is 13.3. The molecule has 4 aromatic rings. The maximum atomic E-state index is 4.76. The van der Waals surface area contributed by atoms with E-state index in [0.717, 1.165) is 48.1 Å². The highest BCUT2D eigenvalue weighted by Crippen LogP contribution is 2.26. The molecule has 1 aliphatic rings. The third-order valence-electron chi connectivity index (χ3n) is 6.44. The molecule has 1 aromatic heterocycles. The van der Waals surface area contributed by atoms with E-state index in [1.54, 1.807) is 6.21 Å². The lowest BCUT2D eigenvalue weighted by atomic mass is 9.90. The van der Waals surface area contributed by atoms with E-state index in [0.29, 0.717) is 23.8 Å². The highest BCUT2D eigenvalue weighted by atomic mass is 79.9. The van der Waals surface area contributed by atoms with Crippen molar-refractivity contribution >= 4 is 58.1 Å². The predicted octanol–water partition coefficient (Wildman–Crippen LogP) is 7.01. The lowest BCUT2D eigenvalue weighted by molar-refractivity contribution is 0.400. The molecular weight excluding hydrogens is 562 g/mol. The van der Waals surface area contributed by atoms with Gasteiger partial charge in [-0.25, -0.2) is 5.43 Å². The van der Waals surface area contributed by atoms with Crippen LogP contribution in [0.4, 0.5) is 23.5 Å². The van der Waals surface area contributed by atoms with Gasteiger partial charge >= 0.3 is 0 Å². The fourth-order valence-electron chi connectivity index (χ4n) is 4.38. The first-order valence-electron chi connectivity index (χ1n) is 12.5. The molecule has 0 bridgehead atoms. The van der Waals surface area contributed by atoms with Gasteiger partial charge in [-0.15, -0.1) is 12.4 Å². The van der Waals surface area contributed by atoms with E-state index < -0.39 is 0 Å². The second-order valence-corrected chi connectivity index (χ2v) is 10.2. The van der Waals surface area contributed by atoms with Crippen molar-refractivity contribution in [1.82, 2.24) is 15.0 Å². The van der Waals surface area contributed by atoms with Crippen LogP contribution in [0.5, 0.6) is 0 Å². The average molecular weight is 593 g/mol. The highest BCUT2D eigenvalue weighted by Gasteiger charge is 2.22. The minimum absolute atomic E-state index is 0. The minimum Gasteiger partial charge on any atom is -0.341 e. The van der Waals surface area contributed by atoms with Crippen molar-refractivity contribution in [2.75, 3.05) is 28.7 Å². The van der Waals surface area contributed by atoms with Crippen LogP contribution in [0.2, 0.25) is 0 Å². The molecule has 196 valence electrons. The second kappa shape index (κ2) is 13.3. The molecule has 2 N–H and O–H groups in total. The van der Waals surface area contributed by atoms with Gasteiger partial charge in [0.15, 0.2) is 0 Å². The standard InChI is InChI=1S/C29H30BrN7.ClH/c1-21-7-13-26(14-8-21)32-27-33-28(36-31-20-24-9-11-25(30)12-10-24)35-29(34-27)37-17-15-23(16-18-37)19-22-5-3-2-4-6-22;/h2-14,20,23H,15-19H2,1H3,(H2,32,33,34,35,36);1H/b31-20+;. The molecule has 2 heterocycles. The summed E-state index contributed by atoms with van der Waals surface area (Å²) in [7, 11) is 0. The van der Waals surface area contributed by atoms with Gasteiger partial charge in [0.25, 0.3) is 0 Å². The van der Waals surface area contributed by atoms with Crippen molar-refractivity contribution in [2.24, 2.45) is 11.0 Å². The Morgan fingerprint density at radius 2 is 1.58 bits per heavy atom. The number of halogens is 2. The number of benzene rings is 3. The van der Waals surface area contributed by atoms with Crippen molar-refractivity contribution in [3.05, 3.63) is 100 Å². The Hall–Kier alpha value is -3.49. The van der Waals surface area contributed by atoms with E-state index in [9.17, 15) is 0 Å². The Labute approximate surface area is 238 Å². The lowest BCUT2D eigenvalue weighted by Gasteiger charge is -2.32. The molecule has 0 spiro atoms. The van der Waals surface area contributed by atoms with Crippen LogP contribution in [0.3, 0.4) is 0 Å². The summed E-state index contributed by atoms with van der Waals surface area (Å²) in [5.41, 5.74) is 7.50. The molecule has 1 aliphatic heterocycles. The van der Waals surface area contributed by atoms with E-state index in [4.69, 9.17) is 9.97 Å². The Balaban J connectivity index is 0.00000336. The minimum atomic E-state index is 0. The van der Waals surface area contributed by atoms with E-state index in [2.05, 4.69) is 91.0 Å². The molecule has 0 saturated carbocycles. The number of nitrogens with one attached hydrogen (secondary N) is 2. The summed E-state index contributed by atoms with van der Waals surface area (Å²) < 4.78 is 1.03. The molecule has 1 saturated heterocycles. The fourth-order valence-corrected chi connectivity index (χ4v) is 4.64. The van der Waals surface area contributed by atoms with Gasteiger partial charge in [0.2, 0.25) is 17.8 Å². The number of hydrogen-bond donors (Lipinski definition) is 2. The summed E-state index contributed by atoms with van der Waals surface area (Å²) in [4.78, 5) is 16.3. The molecule has 7 nitrogen and oxygen atoms in total. The summed E-state index contributed by atoms with van der Waals surface area (Å²) in [6.07, 6.45) is 5.07. The molecule has 9 heteroatoms. The largest absolute Gasteiger partial charge is 0.341 e. The molecule has 0 aliphatic carbocycles. The molecular formula is C29H31BrClN7. The molecule has 1 fully saturated rings. The number of piperidine rings is 1. The van der Waals surface area contributed by atoms with E-state index in [-0.39, 0.29) is 12.4 Å². The predicted molar refractivity (Wildman–Crippen MR) is 162 cm³/mol. The van der Waals surface area contributed by atoms with Crippen molar-refractivity contribution in [1.29, 1.82) is 0 Å². The molecule has 0 unspecified atom stereocenters. The van der Waals surface area contributed by atoms with Gasteiger partial charge in [0.1, 0.15) is 0 Å². The molecule has 3 aromatic carbocycles. The topological polar surface area (TPSA) is 78.3 Å². The van der Waals surface area contributed by atoms with Crippen LogP contribution in [0, 0.1) is 12.8 Å². The first-order chi connectivity index (χ1) is 18.1. The van der Waals surface area contributed by atoms with Crippen LogP contribution in [0.15, 0.2) is 88.4 Å². The SMILES string of the molecule is Cc1ccc(Nc2nc(N/N=C/c3ccc(Br)cc3)nc(N3CCC(Cc4ccccc4)CC3)n2)cc1.Cl. The summed E-state index contributed by atoms with van der Waals surface area (Å²) in [6.45, 7) is 3.89. The summed E-state index contributed by atoms with van der Waals surface area (Å²) >= 11 is 3.46. The molecule has 0 atom stereocenters. The van der Waals surface area contributed by atoms with Crippen molar-refractivity contribution in [3.8, 4) is 0 Å². The number of aromatic nitrogens is 3. The Bertz CT molecular complexity index is 1320. The smallest absolute Gasteiger partial charge is 0.250 e. The van der Waals surface area contributed by atoms with Gasteiger partial charge in [-0.05, 0) is 67.5 Å². The number of rotatable bonds is 8. The van der Waals surface area contributed by atoms with E-state index in [1.165, 1.54) is 11.1 Å². The zero-order valence-corrected chi connectivity index (χ0v) is 23.6. The number of anilines is 4. The molecule has 0 amide bonds. The van der Waals surface area contributed by atoms with Crippen LogP contribution in [0.25, 0.3) is 0 Å². The normalized spacial score (nSPS) is 13.8. The summed E-state index contributed by atoms with van der Waals surface area (Å²) in [5, 5.41) is 7.68. The van der Waals surface area contributed by atoms with Crippen molar-refractivity contribution in [3.63, 3.8) is 0 Å². The molecule has 0 radical (unpaired) electrons. The lowest BCUT2D eigenvalue weighted by Crippen LogP contribution is -2.35. The number of nitrogens with zero attached hydrogens (tertiary/aromatic N) is 5. The zero-order chi connectivity index (χ0) is 25.5. The maximum Gasteiger partial charge on any atom is 0.250 e. The van der Waals surface area contributed by atoms with Crippen LogP contribution in [0.1, 0.15) is 29.5 Å². The zero-order valence-electron chi connectivity index (χ0n) is 21.2. The van der Waals surface area contributed by atoms with Gasteiger partial charge in [-0.3, -0.25) is 0 Å². The van der Waals surface area contributed by atoms with Gasteiger partial charge in [0.05, 0.1) is 6.21 Å². The van der Waals surface area contributed by atoms with Crippen LogP contribution in [-0.2, 0) is 6.42 Å². The van der Waals surface area contributed by atoms with Gasteiger partial charge in [0, 0.05) is 23.2 Å². The van der Waals surface area contributed by atoms with Crippen molar-refractivity contribution < 1.29 is 0 Å². The van der Waals surface area contributed by atoms with Crippen LogP contribution < -0.4 is 15.6 Å². The van der Waals surface area contributed by atoms with Gasteiger partial charge < -0.3 is 10.2 Å². The van der Waals surface area contributed by atoms with Crippen molar-refractivity contribution in [2.45, 2.75) is 26.2 Å². The first kappa shape index (κ1) is 27.5. The third-order valence-corrected chi connectivity index (χ3v) is 6.97. The van der Waals surface area contributed by atoms with Crippen LogP contribution in [-0.4, -0.2) is 34.3 Å².